The zero-order chi connectivity index (χ0) is 18.5. The number of amides is 1. The molecule has 0 aromatic heterocycles. The van der Waals surface area contributed by atoms with Crippen molar-refractivity contribution in [3.05, 3.63) is 58.6 Å². The average molecular weight is 374 g/mol. The molecule has 1 aliphatic rings. The molecule has 0 spiro atoms. The monoisotopic (exact) mass is 373 g/mol. The second-order valence-electron chi connectivity index (χ2n) is 6.54. The van der Waals surface area contributed by atoms with Gasteiger partial charge in [-0.3, -0.25) is 4.79 Å². The molecule has 0 bridgehead atoms. The number of hydrogen-bond donors (Lipinski definition) is 1. The molecule has 1 fully saturated rings. The van der Waals surface area contributed by atoms with Crippen LogP contribution in [-0.4, -0.2) is 51.1 Å². The minimum Gasteiger partial charge on any atom is -0.380 e. The first-order chi connectivity index (χ1) is 12.6. The minimum atomic E-state index is -0.152. The Kier molecular flexibility index (Phi) is 6.14. The summed E-state index contributed by atoms with van der Waals surface area (Å²) in [6.45, 7) is 4.31. The van der Waals surface area contributed by atoms with Crippen molar-refractivity contribution < 1.29 is 9.53 Å². The number of piperazine rings is 1. The van der Waals surface area contributed by atoms with Crippen molar-refractivity contribution in [3.8, 4) is 0 Å². The van der Waals surface area contributed by atoms with Gasteiger partial charge in [-0.15, -0.1) is 0 Å². The highest BCUT2D eigenvalue weighted by molar-refractivity contribution is 6.31. The van der Waals surface area contributed by atoms with E-state index in [4.69, 9.17) is 16.3 Å². The molecule has 1 amide bonds. The smallest absolute Gasteiger partial charge is 0.255 e. The van der Waals surface area contributed by atoms with Gasteiger partial charge in [0.15, 0.2) is 0 Å². The van der Waals surface area contributed by atoms with E-state index in [9.17, 15) is 4.79 Å². The van der Waals surface area contributed by atoms with E-state index in [1.54, 1.807) is 13.2 Å². The number of ether oxygens (including phenoxy) is 1. The lowest BCUT2D eigenvalue weighted by Gasteiger charge is -2.35. The fraction of sp³-hybridized carbons (Fsp3) is 0.350. The molecular formula is C20H24ClN3O2. The molecule has 1 aliphatic heterocycles. The number of nitrogens with zero attached hydrogens (tertiary/aromatic N) is 2. The van der Waals surface area contributed by atoms with Gasteiger partial charge >= 0.3 is 0 Å². The van der Waals surface area contributed by atoms with E-state index in [2.05, 4.69) is 22.2 Å². The minimum absolute atomic E-state index is 0.152. The number of methoxy groups -OCH3 is 1. The summed E-state index contributed by atoms with van der Waals surface area (Å²) in [7, 11) is 3.76. The van der Waals surface area contributed by atoms with E-state index < -0.39 is 0 Å². The number of halogens is 1. The van der Waals surface area contributed by atoms with Crippen LogP contribution < -0.4 is 10.2 Å². The summed E-state index contributed by atoms with van der Waals surface area (Å²) in [6.07, 6.45) is 0. The van der Waals surface area contributed by atoms with Crippen LogP contribution in [0, 0.1) is 0 Å². The van der Waals surface area contributed by atoms with Gasteiger partial charge < -0.3 is 19.9 Å². The Balaban J connectivity index is 1.81. The number of nitrogens with one attached hydrogen (secondary N) is 1. The Morgan fingerprint density at radius 2 is 1.92 bits per heavy atom. The van der Waals surface area contributed by atoms with Gasteiger partial charge in [-0.25, -0.2) is 0 Å². The Labute approximate surface area is 159 Å². The summed E-state index contributed by atoms with van der Waals surface area (Å²) in [5.41, 5.74) is 3.31. The van der Waals surface area contributed by atoms with Crippen molar-refractivity contribution in [1.82, 2.24) is 4.90 Å². The highest BCUT2D eigenvalue weighted by atomic mass is 35.5. The summed E-state index contributed by atoms with van der Waals surface area (Å²) >= 11 is 6.18. The lowest BCUT2D eigenvalue weighted by Crippen LogP contribution is -2.44. The Morgan fingerprint density at radius 1 is 1.15 bits per heavy atom. The summed E-state index contributed by atoms with van der Waals surface area (Å²) in [5.74, 6) is -0.152. The van der Waals surface area contributed by atoms with Crippen LogP contribution in [0.5, 0.6) is 0 Å². The fourth-order valence-corrected chi connectivity index (χ4v) is 3.27. The number of hydrogen-bond acceptors (Lipinski definition) is 4. The van der Waals surface area contributed by atoms with Crippen LogP contribution in [-0.2, 0) is 11.3 Å². The quantitative estimate of drug-likeness (QED) is 0.871. The second kappa shape index (κ2) is 8.54. The normalized spacial score (nSPS) is 15.1. The van der Waals surface area contributed by atoms with Crippen molar-refractivity contribution in [2.24, 2.45) is 0 Å². The van der Waals surface area contributed by atoms with Crippen LogP contribution in [0.1, 0.15) is 15.9 Å². The fourth-order valence-electron chi connectivity index (χ4n) is 3.09. The van der Waals surface area contributed by atoms with E-state index in [0.29, 0.717) is 17.2 Å². The van der Waals surface area contributed by atoms with Crippen LogP contribution in [0.3, 0.4) is 0 Å². The first-order valence-corrected chi connectivity index (χ1v) is 9.07. The van der Waals surface area contributed by atoms with Gasteiger partial charge in [-0.05, 0) is 42.9 Å². The SMILES string of the molecule is COCc1cccc(C(=O)Nc2cc(Cl)ccc2N2CCN(C)CC2)c1. The third-order valence-corrected chi connectivity index (χ3v) is 4.79. The first-order valence-electron chi connectivity index (χ1n) is 8.69. The molecule has 1 N–H and O–H groups in total. The largest absolute Gasteiger partial charge is 0.380 e. The van der Waals surface area contributed by atoms with Crippen LogP contribution in [0.2, 0.25) is 5.02 Å². The van der Waals surface area contributed by atoms with Crippen LogP contribution in [0.25, 0.3) is 0 Å². The number of anilines is 2. The van der Waals surface area contributed by atoms with Gasteiger partial charge in [0.05, 0.1) is 18.0 Å². The van der Waals surface area contributed by atoms with Crippen LogP contribution in [0.4, 0.5) is 11.4 Å². The maximum atomic E-state index is 12.7. The van der Waals surface area contributed by atoms with Crippen molar-refractivity contribution in [1.29, 1.82) is 0 Å². The van der Waals surface area contributed by atoms with E-state index in [-0.39, 0.29) is 5.91 Å². The standard InChI is InChI=1S/C20H24ClN3O2/c1-23-8-10-24(11-9-23)19-7-6-17(21)13-18(19)22-20(25)16-5-3-4-15(12-16)14-26-2/h3-7,12-13H,8-11,14H2,1-2H3,(H,22,25). The lowest BCUT2D eigenvalue weighted by atomic mass is 10.1. The van der Waals surface area contributed by atoms with Crippen molar-refractivity contribution >= 4 is 28.9 Å². The number of likely N-dealkylation sites (N-methyl/N-ethyl adjacent to an activating group) is 1. The second-order valence-corrected chi connectivity index (χ2v) is 6.98. The third kappa shape index (κ3) is 4.55. The molecule has 26 heavy (non-hydrogen) atoms. The summed E-state index contributed by atoms with van der Waals surface area (Å²) in [4.78, 5) is 17.3. The maximum absolute atomic E-state index is 12.7. The van der Waals surface area contributed by atoms with Gasteiger partial charge in [0.2, 0.25) is 0 Å². The van der Waals surface area contributed by atoms with Gasteiger partial charge in [0.1, 0.15) is 0 Å². The van der Waals surface area contributed by atoms with Crippen molar-refractivity contribution in [2.45, 2.75) is 6.61 Å². The summed E-state index contributed by atoms with van der Waals surface area (Å²) in [5, 5.41) is 3.63. The van der Waals surface area contributed by atoms with E-state index in [1.807, 2.05) is 36.4 Å². The molecule has 1 heterocycles. The van der Waals surface area contributed by atoms with E-state index in [1.165, 1.54) is 0 Å². The summed E-state index contributed by atoms with van der Waals surface area (Å²) < 4.78 is 5.14. The predicted octanol–water partition coefficient (Wildman–Crippen LogP) is 3.49. The molecule has 2 aromatic rings. The lowest BCUT2D eigenvalue weighted by molar-refractivity contribution is 0.102. The zero-order valence-electron chi connectivity index (χ0n) is 15.2. The van der Waals surface area contributed by atoms with Crippen LogP contribution >= 0.6 is 11.6 Å². The Morgan fingerprint density at radius 3 is 2.65 bits per heavy atom. The maximum Gasteiger partial charge on any atom is 0.255 e. The number of rotatable bonds is 5. The number of carbonyl (C=O) groups excluding carboxylic acids is 1. The molecule has 1 saturated heterocycles. The molecule has 0 saturated carbocycles. The molecule has 6 heteroatoms. The molecular weight excluding hydrogens is 350 g/mol. The van der Waals surface area contributed by atoms with E-state index in [0.717, 1.165) is 43.1 Å². The van der Waals surface area contributed by atoms with E-state index >= 15 is 0 Å². The molecule has 5 nitrogen and oxygen atoms in total. The summed E-state index contributed by atoms with van der Waals surface area (Å²) in [6, 6.07) is 13.1. The highest BCUT2D eigenvalue weighted by Gasteiger charge is 2.19. The predicted molar refractivity (Wildman–Crippen MR) is 106 cm³/mol. The van der Waals surface area contributed by atoms with Crippen molar-refractivity contribution in [2.75, 3.05) is 50.6 Å². The van der Waals surface area contributed by atoms with Gasteiger partial charge in [-0.2, -0.15) is 0 Å². The van der Waals surface area contributed by atoms with Crippen LogP contribution in [0.15, 0.2) is 42.5 Å². The molecule has 0 atom stereocenters. The molecule has 0 unspecified atom stereocenters. The van der Waals surface area contributed by atoms with Gasteiger partial charge in [0, 0.05) is 43.9 Å². The van der Waals surface area contributed by atoms with Gasteiger partial charge in [-0.1, -0.05) is 23.7 Å². The Hall–Kier alpha value is -2.08. The molecule has 0 radical (unpaired) electrons. The zero-order valence-corrected chi connectivity index (χ0v) is 15.9. The third-order valence-electron chi connectivity index (χ3n) is 4.55. The number of benzene rings is 2. The molecule has 3 rings (SSSR count). The first kappa shape index (κ1) is 18.7. The molecule has 138 valence electrons. The average Bonchev–Trinajstić information content (AvgIpc) is 2.63. The number of carbonyl (C=O) groups is 1. The highest BCUT2D eigenvalue weighted by Crippen LogP contribution is 2.30. The molecule has 2 aromatic carbocycles. The Bertz CT molecular complexity index is 773. The van der Waals surface area contributed by atoms with Crippen molar-refractivity contribution in [3.63, 3.8) is 0 Å². The molecule has 0 aliphatic carbocycles. The topological polar surface area (TPSA) is 44.8 Å². The van der Waals surface area contributed by atoms with Gasteiger partial charge in [0.25, 0.3) is 5.91 Å².